The minimum Gasteiger partial charge on any atom is -0.506 e. The second kappa shape index (κ2) is 6.06. The monoisotopic (exact) mass is 352 g/mol. The van der Waals surface area contributed by atoms with Crippen molar-refractivity contribution in [2.45, 2.75) is 13.3 Å². The molecule has 0 saturated carbocycles. The maximum Gasteiger partial charge on any atom is 0.236 e. The zero-order chi connectivity index (χ0) is 17.4. The summed E-state index contributed by atoms with van der Waals surface area (Å²) in [7, 11) is 0. The van der Waals surface area contributed by atoms with Crippen LogP contribution in [0.5, 0.6) is 5.75 Å². The molecular weight excluding hydrogens is 336 g/mol. The van der Waals surface area contributed by atoms with Gasteiger partial charge in [0.2, 0.25) is 10.1 Å². The van der Waals surface area contributed by atoms with Crippen molar-refractivity contribution in [3.05, 3.63) is 59.4 Å². The summed E-state index contributed by atoms with van der Waals surface area (Å²) >= 11 is 1.44. The van der Waals surface area contributed by atoms with Gasteiger partial charge in [0.15, 0.2) is 5.82 Å². The molecule has 0 bridgehead atoms. The fraction of sp³-hybridized carbons (Fsp3) is 0.118. The van der Waals surface area contributed by atoms with Crippen molar-refractivity contribution in [2.75, 3.05) is 11.1 Å². The number of hydrogen-bond acceptors (Lipinski definition) is 7. The Bertz CT molecular complexity index is 1050. The first kappa shape index (κ1) is 15.4. The summed E-state index contributed by atoms with van der Waals surface area (Å²) in [5.74, 6) is 0.794. The molecule has 7 nitrogen and oxygen atoms in total. The molecule has 126 valence electrons. The van der Waals surface area contributed by atoms with Gasteiger partial charge in [-0.25, -0.2) is 0 Å². The highest BCUT2D eigenvalue weighted by atomic mass is 32.1. The molecule has 4 N–H and O–H groups in total. The van der Waals surface area contributed by atoms with Crippen molar-refractivity contribution in [3.63, 3.8) is 0 Å². The molecule has 0 saturated heterocycles. The molecule has 4 rings (SSSR count). The van der Waals surface area contributed by atoms with Crippen molar-refractivity contribution in [1.82, 2.24) is 19.8 Å². The van der Waals surface area contributed by atoms with Crippen molar-refractivity contribution < 1.29 is 5.11 Å². The largest absolute Gasteiger partial charge is 0.506 e. The van der Waals surface area contributed by atoms with E-state index in [0.29, 0.717) is 17.9 Å². The SMILES string of the molecule is Cc1cccc(Nc2nn3c(Cc4ccc(O)c(N)c4)nnc3s2)c1. The van der Waals surface area contributed by atoms with Crippen molar-refractivity contribution in [1.29, 1.82) is 0 Å². The maximum atomic E-state index is 9.53. The van der Waals surface area contributed by atoms with Crippen LogP contribution in [-0.2, 0) is 6.42 Å². The Morgan fingerprint density at radius 3 is 2.88 bits per heavy atom. The van der Waals surface area contributed by atoms with E-state index in [1.165, 1.54) is 16.9 Å². The summed E-state index contributed by atoms with van der Waals surface area (Å²) in [6.07, 6.45) is 0.527. The Morgan fingerprint density at radius 2 is 2.08 bits per heavy atom. The van der Waals surface area contributed by atoms with Crippen molar-refractivity contribution in [3.8, 4) is 5.75 Å². The predicted octanol–water partition coefficient (Wildman–Crippen LogP) is 3.12. The summed E-state index contributed by atoms with van der Waals surface area (Å²) in [5, 5.41) is 26.5. The molecule has 2 aromatic carbocycles. The summed E-state index contributed by atoms with van der Waals surface area (Å²) in [6.45, 7) is 2.05. The quantitative estimate of drug-likeness (QED) is 0.385. The number of anilines is 3. The smallest absolute Gasteiger partial charge is 0.236 e. The summed E-state index contributed by atoms with van der Waals surface area (Å²) < 4.78 is 1.73. The topological polar surface area (TPSA) is 101 Å². The third-order valence-corrected chi connectivity index (χ3v) is 4.59. The Kier molecular flexibility index (Phi) is 3.73. The molecule has 0 aliphatic rings. The number of phenolic OH excluding ortho intramolecular Hbond substituents is 1. The average molecular weight is 352 g/mol. The van der Waals surface area contributed by atoms with Crippen LogP contribution in [0.1, 0.15) is 17.0 Å². The van der Waals surface area contributed by atoms with E-state index in [9.17, 15) is 5.11 Å². The number of nitrogens with one attached hydrogen (secondary N) is 1. The van der Waals surface area contributed by atoms with Crippen LogP contribution in [0, 0.1) is 6.92 Å². The number of aryl methyl sites for hydroxylation is 1. The molecule has 2 aromatic heterocycles. The number of nitrogens with zero attached hydrogens (tertiary/aromatic N) is 4. The number of aromatic nitrogens is 4. The molecule has 2 heterocycles. The van der Waals surface area contributed by atoms with Crippen LogP contribution in [0.15, 0.2) is 42.5 Å². The Morgan fingerprint density at radius 1 is 1.20 bits per heavy atom. The lowest BCUT2D eigenvalue weighted by Gasteiger charge is -2.03. The summed E-state index contributed by atoms with van der Waals surface area (Å²) in [4.78, 5) is 0.719. The van der Waals surface area contributed by atoms with Crippen LogP contribution in [-0.4, -0.2) is 24.9 Å². The van der Waals surface area contributed by atoms with Gasteiger partial charge in [0, 0.05) is 12.1 Å². The lowest BCUT2D eigenvalue weighted by Crippen LogP contribution is -1.99. The van der Waals surface area contributed by atoms with Gasteiger partial charge in [-0.1, -0.05) is 29.5 Å². The van der Waals surface area contributed by atoms with Crippen molar-refractivity contribution in [2.24, 2.45) is 0 Å². The third-order valence-electron chi connectivity index (χ3n) is 3.78. The molecule has 8 heteroatoms. The fourth-order valence-electron chi connectivity index (χ4n) is 2.56. The Hall–Kier alpha value is -3.13. The highest BCUT2D eigenvalue weighted by Crippen LogP contribution is 2.25. The Balaban J connectivity index is 1.60. The first-order chi connectivity index (χ1) is 12.1. The number of nitrogens with two attached hydrogens (primary N) is 1. The fourth-order valence-corrected chi connectivity index (χ4v) is 3.34. The van der Waals surface area contributed by atoms with Gasteiger partial charge in [0.05, 0.1) is 5.69 Å². The standard InChI is InChI=1S/C17H16N6OS/c1-10-3-2-4-12(7-10)19-16-22-23-15(20-21-17(23)25-16)9-11-5-6-14(24)13(18)8-11/h2-8,24H,9,18H2,1H3,(H,19,22). The number of aromatic hydroxyl groups is 1. The number of fused-ring (bicyclic) bond motifs is 1. The van der Waals surface area contributed by atoms with E-state index in [1.807, 2.05) is 31.2 Å². The first-order valence-corrected chi connectivity index (χ1v) is 8.52. The highest BCUT2D eigenvalue weighted by Gasteiger charge is 2.13. The second-order valence-electron chi connectivity index (χ2n) is 5.78. The van der Waals surface area contributed by atoms with Gasteiger partial charge in [0.25, 0.3) is 0 Å². The molecule has 4 aromatic rings. The van der Waals surface area contributed by atoms with Gasteiger partial charge in [-0.05, 0) is 42.3 Å². The van der Waals surface area contributed by atoms with E-state index in [-0.39, 0.29) is 5.75 Å². The molecule has 0 aliphatic heterocycles. The van der Waals surface area contributed by atoms with Crippen LogP contribution in [0.2, 0.25) is 0 Å². The predicted molar refractivity (Wildman–Crippen MR) is 98.4 cm³/mol. The number of benzene rings is 2. The van der Waals surface area contributed by atoms with E-state index in [1.54, 1.807) is 16.6 Å². The van der Waals surface area contributed by atoms with E-state index in [0.717, 1.165) is 21.3 Å². The molecule has 0 fully saturated rings. The maximum absolute atomic E-state index is 9.53. The molecule has 25 heavy (non-hydrogen) atoms. The molecular formula is C17H16N6OS. The average Bonchev–Trinajstić information content (AvgIpc) is 3.12. The van der Waals surface area contributed by atoms with Crippen LogP contribution < -0.4 is 11.1 Å². The van der Waals surface area contributed by atoms with Crippen LogP contribution in [0.3, 0.4) is 0 Å². The van der Waals surface area contributed by atoms with Crippen LogP contribution >= 0.6 is 11.3 Å². The lowest BCUT2D eigenvalue weighted by atomic mass is 10.1. The van der Waals surface area contributed by atoms with Gasteiger partial charge in [-0.2, -0.15) is 4.52 Å². The van der Waals surface area contributed by atoms with E-state index in [4.69, 9.17) is 5.73 Å². The van der Waals surface area contributed by atoms with Crippen LogP contribution in [0.25, 0.3) is 4.96 Å². The zero-order valence-electron chi connectivity index (χ0n) is 13.5. The van der Waals surface area contributed by atoms with E-state index < -0.39 is 0 Å². The zero-order valence-corrected chi connectivity index (χ0v) is 14.3. The molecule has 0 radical (unpaired) electrons. The van der Waals surface area contributed by atoms with Crippen LogP contribution in [0.4, 0.5) is 16.5 Å². The molecule has 0 spiro atoms. The van der Waals surface area contributed by atoms with E-state index in [2.05, 4.69) is 26.7 Å². The van der Waals surface area contributed by atoms with Gasteiger partial charge in [-0.3, -0.25) is 0 Å². The van der Waals surface area contributed by atoms with Crippen molar-refractivity contribution >= 4 is 32.8 Å². The van der Waals surface area contributed by atoms with Gasteiger partial charge in [0.1, 0.15) is 5.75 Å². The molecule has 0 unspecified atom stereocenters. The number of phenols is 1. The third kappa shape index (κ3) is 3.11. The minimum atomic E-state index is 0.0773. The normalized spacial score (nSPS) is 11.1. The van der Waals surface area contributed by atoms with Gasteiger partial charge >= 0.3 is 0 Å². The second-order valence-corrected chi connectivity index (χ2v) is 6.74. The number of hydrogen-bond donors (Lipinski definition) is 3. The number of rotatable bonds is 4. The van der Waals surface area contributed by atoms with Gasteiger partial charge < -0.3 is 16.2 Å². The molecule has 0 atom stereocenters. The number of nitrogen functional groups attached to an aromatic ring is 1. The lowest BCUT2D eigenvalue weighted by molar-refractivity contribution is 0.478. The molecule has 0 amide bonds. The summed E-state index contributed by atoms with van der Waals surface area (Å²) in [5.41, 5.74) is 9.19. The minimum absolute atomic E-state index is 0.0773. The molecule has 0 aliphatic carbocycles. The Labute approximate surface area is 147 Å². The summed E-state index contributed by atoms with van der Waals surface area (Å²) in [6, 6.07) is 13.2. The van der Waals surface area contributed by atoms with E-state index >= 15 is 0 Å². The van der Waals surface area contributed by atoms with Gasteiger partial charge in [-0.15, -0.1) is 15.3 Å². The highest BCUT2D eigenvalue weighted by molar-refractivity contribution is 7.20. The first-order valence-electron chi connectivity index (χ1n) is 7.71.